The molecule has 9 heteroatoms. The topological polar surface area (TPSA) is 95.6 Å². The Labute approximate surface area is 177 Å². The Bertz CT molecular complexity index is 1030. The molecule has 160 valence electrons. The van der Waals surface area contributed by atoms with Crippen molar-refractivity contribution in [2.45, 2.75) is 31.1 Å². The molecule has 0 radical (unpaired) electrons. The molecule has 2 heterocycles. The van der Waals surface area contributed by atoms with Crippen LogP contribution in [0.15, 0.2) is 41.4 Å². The van der Waals surface area contributed by atoms with E-state index >= 15 is 0 Å². The summed E-state index contributed by atoms with van der Waals surface area (Å²) in [5.41, 5.74) is 0.864. The fourth-order valence-electron chi connectivity index (χ4n) is 3.50. The SMILES string of the molecule is CCOc1ccc(N(CCC#N)C(=O)c2cc(S(=O)(=O)N3CCCC3)cn2C)cc1. The van der Waals surface area contributed by atoms with Crippen molar-refractivity contribution in [3.05, 3.63) is 42.2 Å². The molecule has 30 heavy (non-hydrogen) atoms. The molecule has 3 rings (SSSR count). The number of sulfonamides is 1. The average Bonchev–Trinajstić information content (AvgIpc) is 3.40. The van der Waals surface area contributed by atoms with E-state index in [9.17, 15) is 13.2 Å². The Kier molecular flexibility index (Phi) is 6.80. The Hall–Kier alpha value is -2.83. The van der Waals surface area contributed by atoms with Gasteiger partial charge in [-0.15, -0.1) is 0 Å². The summed E-state index contributed by atoms with van der Waals surface area (Å²) in [6, 6.07) is 10.5. The quantitative estimate of drug-likeness (QED) is 0.642. The minimum atomic E-state index is -3.62. The van der Waals surface area contributed by atoms with Crippen molar-refractivity contribution < 1.29 is 17.9 Å². The van der Waals surface area contributed by atoms with Crippen molar-refractivity contribution in [3.63, 3.8) is 0 Å². The van der Waals surface area contributed by atoms with Crippen LogP contribution in [-0.2, 0) is 17.1 Å². The van der Waals surface area contributed by atoms with Gasteiger partial charge in [-0.1, -0.05) is 0 Å². The van der Waals surface area contributed by atoms with Gasteiger partial charge in [-0.2, -0.15) is 9.57 Å². The molecule has 1 amide bonds. The van der Waals surface area contributed by atoms with Gasteiger partial charge in [-0.25, -0.2) is 8.42 Å². The Morgan fingerprint density at radius 2 is 1.90 bits per heavy atom. The molecule has 1 aromatic carbocycles. The number of ether oxygens (including phenoxy) is 1. The van der Waals surface area contributed by atoms with Gasteiger partial charge in [0.05, 0.1) is 19.1 Å². The van der Waals surface area contributed by atoms with E-state index in [1.807, 2.05) is 6.92 Å². The standard InChI is InChI=1S/C21H26N4O4S/c1-3-29-18-9-7-17(8-10-18)25(14-6-11-22)21(26)20-15-19(16-23(20)2)30(27,28)24-12-4-5-13-24/h7-10,15-16H,3-6,12-14H2,1-2H3. The van der Waals surface area contributed by atoms with Gasteiger partial charge in [0.25, 0.3) is 5.91 Å². The van der Waals surface area contributed by atoms with E-state index in [0.717, 1.165) is 12.8 Å². The summed E-state index contributed by atoms with van der Waals surface area (Å²) in [6.07, 6.45) is 3.32. The summed E-state index contributed by atoms with van der Waals surface area (Å²) in [7, 11) is -1.97. The minimum absolute atomic E-state index is 0.113. The van der Waals surface area contributed by atoms with Gasteiger partial charge in [0, 0.05) is 38.6 Å². The van der Waals surface area contributed by atoms with Crippen LogP contribution in [0, 0.1) is 11.3 Å². The first kappa shape index (κ1) is 21.9. The predicted molar refractivity (Wildman–Crippen MR) is 113 cm³/mol. The summed E-state index contributed by atoms with van der Waals surface area (Å²) in [5.74, 6) is 0.326. The molecule has 0 N–H and O–H groups in total. The molecule has 1 aromatic heterocycles. The molecule has 0 unspecified atom stereocenters. The Morgan fingerprint density at radius 1 is 1.23 bits per heavy atom. The van der Waals surface area contributed by atoms with E-state index in [4.69, 9.17) is 10.00 Å². The summed E-state index contributed by atoms with van der Waals surface area (Å²) in [4.78, 5) is 14.9. The van der Waals surface area contributed by atoms with E-state index in [1.165, 1.54) is 26.0 Å². The molecule has 0 bridgehead atoms. The number of nitrogens with zero attached hydrogens (tertiary/aromatic N) is 4. The molecule has 8 nitrogen and oxygen atoms in total. The zero-order valence-electron chi connectivity index (χ0n) is 17.2. The number of anilines is 1. The summed E-state index contributed by atoms with van der Waals surface area (Å²) < 4.78 is 34.2. The highest BCUT2D eigenvalue weighted by molar-refractivity contribution is 7.89. The Morgan fingerprint density at radius 3 is 2.50 bits per heavy atom. The Balaban J connectivity index is 1.91. The number of carbonyl (C=O) groups excluding carboxylic acids is 1. The van der Waals surface area contributed by atoms with Crippen molar-refractivity contribution in [3.8, 4) is 11.8 Å². The lowest BCUT2D eigenvalue weighted by Crippen LogP contribution is -2.33. The van der Waals surface area contributed by atoms with E-state index < -0.39 is 10.0 Å². The number of nitriles is 1. The summed E-state index contributed by atoms with van der Waals surface area (Å²) in [5, 5.41) is 9.02. The fourth-order valence-corrected chi connectivity index (χ4v) is 5.09. The number of rotatable bonds is 8. The molecular weight excluding hydrogens is 404 g/mol. The van der Waals surface area contributed by atoms with Crippen molar-refractivity contribution in [1.29, 1.82) is 5.26 Å². The highest BCUT2D eigenvalue weighted by Gasteiger charge is 2.30. The van der Waals surface area contributed by atoms with Gasteiger partial charge in [-0.3, -0.25) is 4.79 Å². The number of aryl methyl sites for hydroxylation is 1. The zero-order chi connectivity index (χ0) is 21.7. The zero-order valence-corrected chi connectivity index (χ0v) is 18.1. The molecule has 0 saturated carbocycles. The lowest BCUT2D eigenvalue weighted by Gasteiger charge is -2.22. The van der Waals surface area contributed by atoms with Gasteiger partial charge in [0.15, 0.2) is 0 Å². The second-order valence-corrected chi connectivity index (χ2v) is 9.01. The highest BCUT2D eigenvalue weighted by atomic mass is 32.2. The third kappa shape index (κ3) is 4.50. The number of aromatic nitrogens is 1. The number of benzene rings is 1. The van der Waals surface area contributed by atoms with Crippen molar-refractivity contribution >= 4 is 21.6 Å². The highest BCUT2D eigenvalue weighted by Crippen LogP contribution is 2.25. The maximum Gasteiger partial charge on any atom is 0.274 e. The van der Waals surface area contributed by atoms with E-state index in [1.54, 1.807) is 31.3 Å². The number of carbonyl (C=O) groups is 1. The maximum atomic E-state index is 13.3. The van der Waals surface area contributed by atoms with Crippen LogP contribution in [0.3, 0.4) is 0 Å². The minimum Gasteiger partial charge on any atom is -0.494 e. The molecule has 1 aliphatic heterocycles. The molecular formula is C21H26N4O4S. The fraction of sp³-hybridized carbons (Fsp3) is 0.429. The molecule has 1 fully saturated rings. The van der Waals surface area contributed by atoms with Crippen LogP contribution in [-0.4, -0.2) is 49.4 Å². The van der Waals surface area contributed by atoms with Crippen LogP contribution in [0.1, 0.15) is 36.7 Å². The lowest BCUT2D eigenvalue weighted by atomic mass is 10.2. The number of hydrogen-bond acceptors (Lipinski definition) is 5. The van der Waals surface area contributed by atoms with Gasteiger partial charge >= 0.3 is 0 Å². The van der Waals surface area contributed by atoms with Crippen LogP contribution in [0.4, 0.5) is 5.69 Å². The second-order valence-electron chi connectivity index (χ2n) is 7.07. The molecule has 0 spiro atoms. The molecule has 1 aliphatic rings. The van der Waals surface area contributed by atoms with Crippen molar-refractivity contribution in [2.24, 2.45) is 7.05 Å². The van der Waals surface area contributed by atoms with E-state index in [2.05, 4.69) is 6.07 Å². The monoisotopic (exact) mass is 430 g/mol. The first-order chi connectivity index (χ1) is 14.4. The summed E-state index contributed by atoms with van der Waals surface area (Å²) >= 11 is 0. The summed E-state index contributed by atoms with van der Waals surface area (Å²) in [6.45, 7) is 3.62. The van der Waals surface area contributed by atoms with E-state index in [0.29, 0.717) is 31.1 Å². The van der Waals surface area contributed by atoms with Crippen LogP contribution in [0.25, 0.3) is 0 Å². The molecule has 2 aromatic rings. The van der Waals surface area contributed by atoms with E-state index in [-0.39, 0.29) is 29.5 Å². The van der Waals surface area contributed by atoms with Gasteiger partial charge in [0.1, 0.15) is 16.3 Å². The van der Waals surface area contributed by atoms with Gasteiger partial charge in [0.2, 0.25) is 10.0 Å². The smallest absolute Gasteiger partial charge is 0.274 e. The first-order valence-corrected chi connectivity index (χ1v) is 11.4. The second kappa shape index (κ2) is 9.32. The number of hydrogen-bond donors (Lipinski definition) is 0. The molecule has 0 aliphatic carbocycles. The first-order valence-electron chi connectivity index (χ1n) is 9.96. The van der Waals surface area contributed by atoms with Gasteiger partial charge < -0.3 is 14.2 Å². The van der Waals surface area contributed by atoms with Crippen molar-refractivity contribution in [2.75, 3.05) is 31.1 Å². The normalized spacial score (nSPS) is 14.4. The molecule has 0 atom stereocenters. The van der Waals surface area contributed by atoms with Crippen LogP contribution >= 0.6 is 0 Å². The average molecular weight is 431 g/mol. The van der Waals surface area contributed by atoms with Gasteiger partial charge in [-0.05, 0) is 50.1 Å². The third-order valence-electron chi connectivity index (χ3n) is 5.05. The van der Waals surface area contributed by atoms with Crippen LogP contribution in [0.2, 0.25) is 0 Å². The van der Waals surface area contributed by atoms with Crippen LogP contribution < -0.4 is 9.64 Å². The maximum absolute atomic E-state index is 13.3. The van der Waals surface area contributed by atoms with Crippen LogP contribution in [0.5, 0.6) is 5.75 Å². The largest absolute Gasteiger partial charge is 0.494 e. The van der Waals surface area contributed by atoms with Crippen molar-refractivity contribution in [1.82, 2.24) is 8.87 Å². The number of amides is 1. The predicted octanol–water partition coefficient (Wildman–Crippen LogP) is 2.77. The third-order valence-corrected chi connectivity index (χ3v) is 6.92. The molecule has 1 saturated heterocycles. The lowest BCUT2D eigenvalue weighted by molar-refractivity contribution is 0.0979.